The molecule has 6 nitrogen and oxygen atoms in total. The molecule has 0 unspecified atom stereocenters. The third-order valence-corrected chi connectivity index (χ3v) is 10.7. The first kappa shape index (κ1) is 28.5. The standard InChI is InChI=1S/C25H45NO5Si/c1-10-29-22(27)15-14-21(31-32(8,9)25(5,6)7)13-11-12-20-16-18-26(19-17-20)23(28)30-24(2,3)4/h20-21H,10-13,16-19H2,1-9H3/t21-/m0/s1. The van der Waals surface area contributed by atoms with E-state index in [1.54, 1.807) is 6.92 Å². The van der Waals surface area contributed by atoms with Crippen molar-refractivity contribution in [1.29, 1.82) is 0 Å². The van der Waals surface area contributed by atoms with Gasteiger partial charge in [-0.2, -0.15) is 0 Å². The Balaban J connectivity index is 2.60. The number of carbonyl (C=O) groups is 2. The molecule has 184 valence electrons. The molecule has 1 rings (SSSR count). The van der Waals surface area contributed by atoms with E-state index in [-0.39, 0.29) is 17.2 Å². The van der Waals surface area contributed by atoms with Crippen LogP contribution in [0.1, 0.15) is 80.6 Å². The molecule has 0 aromatic rings. The number of carbonyl (C=O) groups excluding carboxylic acids is 2. The molecule has 32 heavy (non-hydrogen) atoms. The Hall–Kier alpha value is -1.52. The number of likely N-dealkylation sites (tertiary alicyclic amines) is 1. The molecule has 0 radical (unpaired) electrons. The second-order valence-electron chi connectivity index (χ2n) is 11.2. The summed E-state index contributed by atoms with van der Waals surface area (Å²) in [4.78, 5) is 25.8. The molecule has 1 heterocycles. The molecule has 1 saturated heterocycles. The van der Waals surface area contributed by atoms with Crippen molar-refractivity contribution >= 4 is 20.4 Å². The quantitative estimate of drug-likeness (QED) is 0.206. The van der Waals surface area contributed by atoms with Crippen LogP contribution in [0.15, 0.2) is 0 Å². The number of nitrogens with zero attached hydrogens (tertiary/aromatic N) is 1. The van der Waals surface area contributed by atoms with Gasteiger partial charge in [-0.15, -0.1) is 0 Å². The van der Waals surface area contributed by atoms with Crippen LogP contribution in [-0.2, 0) is 18.7 Å². The van der Waals surface area contributed by atoms with Crippen molar-refractivity contribution < 1.29 is 23.5 Å². The van der Waals surface area contributed by atoms with Crippen molar-refractivity contribution in [3.05, 3.63) is 0 Å². The molecule has 1 fully saturated rings. The van der Waals surface area contributed by atoms with E-state index in [9.17, 15) is 9.59 Å². The van der Waals surface area contributed by atoms with Gasteiger partial charge in [0.1, 0.15) is 11.7 Å². The fourth-order valence-electron chi connectivity index (χ4n) is 3.32. The Morgan fingerprint density at radius 2 is 1.69 bits per heavy atom. The molecule has 0 aromatic heterocycles. The van der Waals surface area contributed by atoms with Crippen LogP contribution in [0.25, 0.3) is 0 Å². The van der Waals surface area contributed by atoms with E-state index in [4.69, 9.17) is 13.9 Å². The second-order valence-corrected chi connectivity index (χ2v) is 16.0. The molecule has 0 spiro atoms. The summed E-state index contributed by atoms with van der Waals surface area (Å²) in [5.41, 5.74) is -0.461. The van der Waals surface area contributed by atoms with Crippen molar-refractivity contribution in [2.45, 2.75) is 110 Å². The van der Waals surface area contributed by atoms with E-state index < -0.39 is 19.9 Å². The number of hydrogen-bond donors (Lipinski definition) is 0. The third kappa shape index (κ3) is 10.4. The van der Waals surface area contributed by atoms with Crippen molar-refractivity contribution in [1.82, 2.24) is 4.90 Å². The summed E-state index contributed by atoms with van der Waals surface area (Å²) in [6, 6.07) is 0. The van der Waals surface area contributed by atoms with Crippen molar-refractivity contribution in [3.8, 4) is 11.8 Å². The highest BCUT2D eigenvalue weighted by atomic mass is 28.4. The fraction of sp³-hybridized carbons (Fsp3) is 0.840. The van der Waals surface area contributed by atoms with Crippen LogP contribution in [0.2, 0.25) is 18.1 Å². The number of ether oxygens (including phenoxy) is 2. The highest BCUT2D eigenvalue weighted by molar-refractivity contribution is 6.74. The van der Waals surface area contributed by atoms with Gasteiger partial charge in [-0.25, -0.2) is 9.59 Å². The minimum absolute atomic E-state index is 0.0748. The molecule has 0 bridgehead atoms. The zero-order chi connectivity index (χ0) is 24.6. The van der Waals surface area contributed by atoms with E-state index in [0.717, 1.165) is 45.2 Å². The highest BCUT2D eigenvalue weighted by Crippen LogP contribution is 2.38. The van der Waals surface area contributed by atoms with E-state index in [2.05, 4.69) is 45.7 Å². The average molecular weight is 468 g/mol. The molecule has 1 aliphatic heterocycles. The SMILES string of the molecule is CCOC(=O)C#C[C@H](CCCC1CCN(C(=O)OC(C)(C)C)CC1)O[Si](C)(C)C(C)(C)C. The predicted molar refractivity (Wildman–Crippen MR) is 131 cm³/mol. The summed E-state index contributed by atoms with van der Waals surface area (Å²) >= 11 is 0. The minimum Gasteiger partial charge on any atom is -0.456 e. The lowest BCUT2D eigenvalue weighted by atomic mass is 9.91. The minimum atomic E-state index is -2.00. The van der Waals surface area contributed by atoms with Gasteiger partial charge >= 0.3 is 12.1 Å². The maximum absolute atomic E-state index is 12.2. The number of esters is 1. The maximum Gasteiger partial charge on any atom is 0.410 e. The molecule has 0 saturated carbocycles. The summed E-state index contributed by atoms with van der Waals surface area (Å²) in [6.07, 6.45) is 4.35. The zero-order valence-corrected chi connectivity index (χ0v) is 22.8. The number of rotatable bonds is 7. The molecule has 0 aromatic carbocycles. The lowest BCUT2D eigenvalue weighted by Crippen LogP contribution is -2.43. The molecular formula is C25H45NO5Si. The predicted octanol–water partition coefficient (Wildman–Crippen LogP) is 5.76. The van der Waals surface area contributed by atoms with E-state index in [1.165, 1.54) is 0 Å². The lowest BCUT2D eigenvalue weighted by Gasteiger charge is -2.38. The molecule has 1 atom stereocenters. The average Bonchev–Trinajstić information content (AvgIpc) is 2.64. The fourth-order valence-corrected chi connectivity index (χ4v) is 4.56. The molecule has 0 N–H and O–H groups in total. The molecule has 1 aliphatic rings. The Kier molecular flexibility index (Phi) is 10.8. The summed E-state index contributed by atoms with van der Waals surface area (Å²) in [5.74, 6) is 5.73. The van der Waals surface area contributed by atoms with Crippen LogP contribution >= 0.6 is 0 Å². The van der Waals surface area contributed by atoms with Gasteiger partial charge in [0.2, 0.25) is 0 Å². The van der Waals surface area contributed by atoms with Crippen LogP contribution in [0.3, 0.4) is 0 Å². The summed E-state index contributed by atoms with van der Waals surface area (Å²) in [6.45, 7) is 20.3. The molecule has 1 amide bonds. The monoisotopic (exact) mass is 467 g/mol. The van der Waals surface area contributed by atoms with Gasteiger partial charge in [0.15, 0.2) is 8.32 Å². The van der Waals surface area contributed by atoms with Gasteiger partial charge in [0.25, 0.3) is 0 Å². The number of piperidine rings is 1. The van der Waals surface area contributed by atoms with Gasteiger partial charge in [0.05, 0.1) is 6.61 Å². The Labute approximate surface area is 196 Å². The summed E-state index contributed by atoms with van der Waals surface area (Å²) in [5, 5.41) is 0.0748. The summed E-state index contributed by atoms with van der Waals surface area (Å²) < 4.78 is 16.9. The Bertz CT molecular complexity index is 673. The van der Waals surface area contributed by atoms with Gasteiger partial charge in [-0.3, -0.25) is 0 Å². The van der Waals surface area contributed by atoms with Crippen LogP contribution in [-0.4, -0.2) is 56.7 Å². The van der Waals surface area contributed by atoms with E-state index >= 15 is 0 Å². The first-order valence-corrected chi connectivity index (χ1v) is 14.9. The highest BCUT2D eigenvalue weighted by Gasteiger charge is 2.39. The van der Waals surface area contributed by atoms with Crippen LogP contribution in [0.5, 0.6) is 0 Å². The molecule has 0 aliphatic carbocycles. The second kappa shape index (κ2) is 12.1. The van der Waals surface area contributed by atoms with Crippen molar-refractivity contribution in [2.24, 2.45) is 5.92 Å². The van der Waals surface area contributed by atoms with E-state index in [0.29, 0.717) is 12.5 Å². The smallest absolute Gasteiger partial charge is 0.410 e. The van der Waals surface area contributed by atoms with Gasteiger partial charge in [0, 0.05) is 19.0 Å². The molecule has 7 heteroatoms. The van der Waals surface area contributed by atoms with Gasteiger partial charge in [-0.1, -0.05) is 33.1 Å². The van der Waals surface area contributed by atoms with Crippen molar-refractivity contribution in [2.75, 3.05) is 19.7 Å². The normalized spacial score (nSPS) is 16.7. The topological polar surface area (TPSA) is 65.1 Å². The largest absolute Gasteiger partial charge is 0.456 e. The number of hydrogen-bond acceptors (Lipinski definition) is 5. The zero-order valence-electron chi connectivity index (χ0n) is 21.8. The first-order valence-electron chi connectivity index (χ1n) is 12.0. The number of amides is 1. The third-order valence-electron chi connectivity index (χ3n) is 6.20. The lowest BCUT2D eigenvalue weighted by molar-refractivity contribution is -0.136. The van der Waals surface area contributed by atoms with Crippen LogP contribution < -0.4 is 0 Å². The Morgan fingerprint density at radius 3 is 2.19 bits per heavy atom. The van der Waals surface area contributed by atoms with Gasteiger partial charge < -0.3 is 18.8 Å². The maximum atomic E-state index is 12.2. The van der Waals surface area contributed by atoms with Crippen LogP contribution in [0, 0.1) is 17.8 Å². The van der Waals surface area contributed by atoms with Crippen molar-refractivity contribution in [3.63, 3.8) is 0 Å². The molecular weight excluding hydrogens is 422 g/mol. The summed E-state index contributed by atoms with van der Waals surface area (Å²) in [7, 11) is -2.00. The van der Waals surface area contributed by atoms with Crippen LogP contribution in [0.4, 0.5) is 4.79 Å². The Morgan fingerprint density at radius 1 is 1.09 bits per heavy atom. The van der Waals surface area contributed by atoms with Gasteiger partial charge in [-0.05, 0) is 77.4 Å². The first-order chi connectivity index (χ1) is 14.6. The van der Waals surface area contributed by atoms with E-state index in [1.807, 2.05) is 25.7 Å².